The summed E-state index contributed by atoms with van der Waals surface area (Å²) in [6.07, 6.45) is 7.06. The van der Waals surface area contributed by atoms with E-state index < -0.39 is 5.97 Å². The van der Waals surface area contributed by atoms with Crippen LogP contribution < -0.4 is 15.1 Å². The maximum atomic E-state index is 13.5. The van der Waals surface area contributed by atoms with E-state index in [1.807, 2.05) is 42.5 Å². The minimum atomic E-state index is -0.777. The average molecular weight is 564 g/mol. The van der Waals surface area contributed by atoms with Gasteiger partial charge in [0.25, 0.3) is 5.91 Å². The highest BCUT2D eigenvalue weighted by molar-refractivity contribution is 5.99. The van der Waals surface area contributed by atoms with Crippen LogP contribution in [0.25, 0.3) is 0 Å². The van der Waals surface area contributed by atoms with E-state index in [2.05, 4.69) is 15.1 Å². The Morgan fingerprint density at radius 2 is 1.63 bits per heavy atom. The molecule has 1 aliphatic carbocycles. The Bertz CT molecular complexity index is 1190. The van der Waals surface area contributed by atoms with E-state index in [0.717, 1.165) is 56.5 Å². The van der Waals surface area contributed by atoms with E-state index in [1.54, 1.807) is 4.90 Å². The van der Waals surface area contributed by atoms with Gasteiger partial charge in [-0.15, -0.1) is 0 Å². The zero-order valence-electron chi connectivity index (χ0n) is 23.7. The first-order valence-corrected chi connectivity index (χ1v) is 15.0. The number of anilines is 2. The molecule has 2 N–H and O–H groups in total. The third-order valence-electron chi connectivity index (χ3n) is 8.39. The van der Waals surface area contributed by atoms with Gasteiger partial charge in [0.2, 0.25) is 0 Å². The predicted octanol–water partition coefficient (Wildman–Crippen LogP) is 4.29. The first-order valence-electron chi connectivity index (χ1n) is 15.0. The van der Waals surface area contributed by atoms with Crippen LogP contribution in [0.5, 0.6) is 0 Å². The number of carbonyl (C=O) groups is 3. The third kappa shape index (κ3) is 7.68. The number of rotatable bonds is 8. The number of piperidine rings is 1. The van der Waals surface area contributed by atoms with Crippen molar-refractivity contribution in [2.75, 3.05) is 49.1 Å². The van der Waals surface area contributed by atoms with Crippen molar-refractivity contribution in [3.05, 3.63) is 53.6 Å². The highest BCUT2D eigenvalue weighted by Gasteiger charge is 2.29. The van der Waals surface area contributed by atoms with E-state index in [0.29, 0.717) is 44.1 Å². The van der Waals surface area contributed by atoms with Crippen LogP contribution in [0.3, 0.4) is 0 Å². The number of hydrogen-bond donors (Lipinski definition) is 2. The van der Waals surface area contributed by atoms with Gasteiger partial charge in [0, 0.05) is 51.7 Å². The monoisotopic (exact) mass is 563 g/mol. The highest BCUT2D eigenvalue weighted by Crippen LogP contribution is 2.29. The molecule has 10 heteroatoms. The number of piperazine rings is 1. The number of carboxylic acids is 1. The van der Waals surface area contributed by atoms with Crippen LogP contribution in [-0.2, 0) is 16.1 Å². The largest absolute Gasteiger partial charge is 0.481 e. The Morgan fingerprint density at radius 1 is 0.878 bits per heavy atom. The lowest BCUT2D eigenvalue weighted by Crippen LogP contribution is -2.50. The summed E-state index contributed by atoms with van der Waals surface area (Å²) in [5.74, 6) is 0.562. The van der Waals surface area contributed by atoms with Crippen molar-refractivity contribution in [2.45, 2.75) is 64.0 Å². The first-order chi connectivity index (χ1) is 20.0. The summed E-state index contributed by atoms with van der Waals surface area (Å²) in [5.41, 5.74) is 1.48. The van der Waals surface area contributed by atoms with Crippen LogP contribution in [0, 0.1) is 5.92 Å². The predicted molar refractivity (Wildman–Crippen MR) is 156 cm³/mol. The number of carbonyl (C=O) groups excluding carboxylic acids is 2. The second kappa shape index (κ2) is 13.7. The molecule has 3 heterocycles. The molecular formula is C31H41N5O5. The minimum absolute atomic E-state index is 0.0752. The Kier molecular flexibility index (Phi) is 9.59. The number of aromatic nitrogens is 1. The number of amides is 2. The van der Waals surface area contributed by atoms with E-state index in [9.17, 15) is 19.5 Å². The number of aliphatic carboxylic acids is 1. The zero-order valence-corrected chi connectivity index (χ0v) is 23.7. The summed E-state index contributed by atoms with van der Waals surface area (Å²) >= 11 is 0. The van der Waals surface area contributed by atoms with Gasteiger partial charge in [-0.2, -0.15) is 0 Å². The minimum Gasteiger partial charge on any atom is -0.481 e. The number of carboxylic acid groups (broad SMARTS) is 1. The molecule has 2 aliphatic heterocycles. The molecule has 2 amide bonds. The smallest absolute Gasteiger partial charge is 0.410 e. The average Bonchev–Trinajstić information content (AvgIpc) is 3.00. The van der Waals surface area contributed by atoms with Gasteiger partial charge >= 0.3 is 12.1 Å². The molecule has 0 unspecified atom stereocenters. The Hall–Kier alpha value is -3.82. The third-order valence-corrected chi connectivity index (χ3v) is 8.39. The molecule has 10 nitrogen and oxygen atoms in total. The maximum absolute atomic E-state index is 13.5. The van der Waals surface area contributed by atoms with Crippen molar-refractivity contribution >= 4 is 29.6 Å². The molecule has 1 aromatic heterocycles. The SMILES string of the molecule is O=C(O)C[C@@H]1CCCN(c2ccc(C(=O)NC3CCCCC3)c(N3CCN(C(=O)OCc4ccccc4)CC3)n2)C1. The van der Waals surface area contributed by atoms with Gasteiger partial charge in [0.05, 0.1) is 5.56 Å². The van der Waals surface area contributed by atoms with Crippen LogP contribution in [0.2, 0.25) is 0 Å². The lowest BCUT2D eigenvalue weighted by Gasteiger charge is -2.37. The fourth-order valence-electron chi connectivity index (χ4n) is 6.14. The number of nitrogens with one attached hydrogen (secondary N) is 1. The van der Waals surface area contributed by atoms with E-state index >= 15 is 0 Å². The number of hydrogen-bond acceptors (Lipinski definition) is 7. The number of ether oxygens (including phenoxy) is 1. The number of benzene rings is 1. The van der Waals surface area contributed by atoms with Crippen LogP contribution in [0.1, 0.15) is 67.3 Å². The first kappa shape index (κ1) is 28.7. The van der Waals surface area contributed by atoms with Crippen molar-refractivity contribution in [3.63, 3.8) is 0 Å². The molecule has 0 bridgehead atoms. The van der Waals surface area contributed by atoms with Crippen molar-refractivity contribution in [2.24, 2.45) is 5.92 Å². The molecule has 1 atom stereocenters. The fraction of sp³-hybridized carbons (Fsp3) is 0.548. The standard InChI is InChI=1S/C31H41N5O5/c37-28(38)20-24-10-7-15-36(21-24)27-14-13-26(30(39)32-25-11-5-2-6-12-25)29(33-27)34-16-18-35(19-17-34)31(40)41-22-23-8-3-1-4-9-23/h1,3-4,8-9,13-14,24-25H,2,5-7,10-12,15-22H2,(H,32,39)(H,37,38)/t24-/m0/s1. The lowest BCUT2D eigenvalue weighted by atomic mass is 9.95. The van der Waals surface area contributed by atoms with Crippen LogP contribution in [0.15, 0.2) is 42.5 Å². The normalized spacial score (nSPS) is 20.0. The van der Waals surface area contributed by atoms with Crippen LogP contribution >= 0.6 is 0 Å². The summed E-state index contributed by atoms with van der Waals surface area (Å²) in [7, 11) is 0. The molecule has 41 heavy (non-hydrogen) atoms. The zero-order chi connectivity index (χ0) is 28.6. The summed E-state index contributed by atoms with van der Waals surface area (Å²) in [6.45, 7) is 3.66. The molecule has 3 fully saturated rings. The molecule has 2 saturated heterocycles. The molecule has 2 aromatic rings. The molecule has 5 rings (SSSR count). The Labute approximate surface area is 241 Å². The molecule has 220 valence electrons. The molecule has 0 radical (unpaired) electrons. The lowest BCUT2D eigenvalue weighted by molar-refractivity contribution is -0.138. The Morgan fingerprint density at radius 3 is 2.37 bits per heavy atom. The molecule has 1 saturated carbocycles. The molecule has 3 aliphatic rings. The van der Waals surface area contributed by atoms with Crippen molar-refractivity contribution in [1.82, 2.24) is 15.2 Å². The molecule has 0 spiro atoms. The van der Waals surface area contributed by atoms with Gasteiger partial charge < -0.3 is 29.9 Å². The van der Waals surface area contributed by atoms with Gasteiger partial charge in [0.1, 0.15) is 18.2 Å². The summed E-state index contributed by atoms with van der Waals surface area (Å²) in [6, 6.07) is 13.5. The van der Waals surface area contributed by atoms with Crippen molar-refractivity contribution in [1.29, 1.82) is 0 Å². The van der Waals surface area contributed by atoms with Gasteiger partial charge in [-0.25, -0.2) is 9.78 Å². The highest BCUT2D eigenvalue weighted by atomic mass is 16.6. The summed E-state index contributed by atoms with van der Waals surface area (Å²) in [4.78, 5) is 48.5. The topological polar surface area (TPSA) is 115 Å². The fourth-order valence-corrected chi connectivity index (χ4v) is 6.14. The van der Waals surface area contributed by atoms with Crippen molar-refractivity contribution < 1.29 is 24.2 Å². The van der Waals surface area contributed by atoms with Crippen molar-refractivity contribution in [3.8, 4) is 0 Å². The van der Waals surface area contributed by atoms with Gasteiger partial charge in [-0.05, 0) is 49.3 Å². The van der Waals surface area contributed by atoms with Gasteiger partial charge in [-0.1, -0.05) is 49.6 Å². The summed E-state index contributed by atoms with van der Waals surface area (Å²) < 4.78 is 5.53. The molecular weight excluding hydrogens is 522 g/mol. The van der Waals surface area contributed by atoms with Gasteiger partial charge in [0.15, 0.2) is 0 Å². The van der Waals surface area contributed by atoms with Gasteiger partial charge in [-0.3, -0.25) is 9.59 Å². The van der Waals surface area contributed by atoms with Crippen LogP contribution in [0.4, 0.5) is 16.4 Å². The van der Waals surface area contributed by atoms with E-state index in [4.69, 9.17) is 9.72 Å². The van der Waals surface area contributed by atoms with Crippen LogP contribution in [-0.4, -0.2) is 78.3 Å². The van der Waals surface area contributed by atoms with E-state index in [1.165, 1.54) is 6.42 Å². The quantitative estimate of drug-likeness (QED) is 0.489. The number of pyridine rings is 1. The summed E-state index contributed by atoms with van der Waals surface area (Å²) in [5, 5.41) is 12.5. The Balaban J connectivity index is 1.29. The second-order valence-electron chi connectivity index (χ2n) is 11.4. The number of nitrogens with zero attached hydrogens (tertiary/aromatic N) is 4. The second-order valence-corrected chi connectivity index (χ2v) is 11.4. The van der Waals surface area contributed by atoms with E-state index in [-0.39, 0.29) is 37.0 Å². The molecule has 1 aromatic carbocycles. The maximum Gasteiger partial charge on any atom is 0.410 e.